The van der Waals surface area contributed by atoms with Gasteiger partial charge in [0.2, 0.25) is 11.7 Å². The lowest BCUT2D eigenvalue weighted by Gasteiger charge is -2.23. The third-order valence-corrected chi connectivity index (χ3v) is 3.67. The lowest BCUT2D eigenvalue weighted by Crippen LogP contribution is -2.26. The number of nitrogens with zero attached hydrogens (tertiary/aromatic N) is 2. The minimum Gasteiger partial charge on any atom is -0.496 e. The zero-order valence-electron chi connectivity index (χ0n) is 12.0. The van der Waals surface area contributed by atoms with Gasteiger partial charge < -0.3 is 15.0 Å². The van der Waals surface area contributed by atoms with Gasteiger partial charge in [0, 0.05) is 5.56 Å². The number of halogens is 1. The predicted octanol–water partition coefficient (Wildman–Crippen LogP) is 3.55. The molecule has 1 atom stereocenters. The van der Waals surface area contributed by atoms with E-state index < -0.39 is 0 Å². The first-order chi connectivity index (χ1) is 9.32. The molecule has 0 saturated carbocycles. The lowest BCUT2D eigenvalue weighted by molar-refractivity contribution is 0.253. The van der Waals surface area contributed by atoms with E-state index in [-0.39, 0.29) is 11.5 Å². The number of aromatic nitrogens is 2. The lowest BCUT2D eigenvalue weighted by atomic mass is 9.87. The van der Waals surface area contributed by atoms with Crippen molar-refractivity contribution in [3.05, 3.63) is 28.6 Å². The standard InChI is InChI=1S/C14H18BrN3O2/c1-14(2,3)11(16)13-17-12(18-20-13)8-5-6-10(19-4)9(15)7-8/h5-7,11H,16H2,1-4H3/t11-/m0/s1. The average molecular weight is 340 g/mol. The van der Waals surface area contributed by atoms with Crippen LogP contribution in [0.3, 0.4) is 0 Å². The van der Waals surface area contributed by atoms with Crippen LogP contribution in [0, 0.1) is 5.41 Å². The molecular weight excluding hydrogens is 322 g/mol. The van der Waals surface area contributed by atoms with Crippen molar-refractivity contribution in [2.45, 2.75) is 26.8 Å². The molecule has 1 heterocycles. The highest BCUT2D eigenvalue weighted by atomic mass is 79.9. The van der Waals surface area contributed by atoms with Crippen molar-refractivity contribution in [2.75, 3.05) is 7.11 Å². The summed E-state index contributed by atoms with van der Waals surface area (Å²) in [5, 5.41) is 3.99. The van der Waals surface area contributed by atoms with Gasteiger partial charge in [-0.25, -0.2) is 0 Å². The van der Waals surface area contributed by atoms with Crippen molar-refractivity contribution >= 4 is 15.9 Å². The summed E-state index contributed by atoms with van der Waals surface area (Å²) >= 11 is 3.44. The molecule has 2 aromatic rings. The molecule has 6 heteroatoms. The summed E-state index contributed by atoms with van der Waals surface area (Å²) in [4.78, 5) is 4.38. The minimum atomic E-state index is -0.301. The van der Waals surface area contributed by atoms with Gasteiger partial charge in [0.25, 0.3) is 0 Å². The molecule has 0 amide bonds. The van der Waals surface area contributed by atoms with E-state index >= 15 is 0 Å². The van der Waals surface area contributed by atoms with Gasteiger partial charge in [-0.3, -0.25) is 0 Å². The van der Waals surface area contributed by atoms with Gasteiger partial charge in [-0.1, -0.05) is 25.9 Å². The van der Waals surface area contributed by atoms with E-state index in [2.05, 4.69) is 26.1 Å². The highest BCUT2D eigenvalue weighted by Crippen LogP contribution is 2.32. The number of ether oxygens (including phenoxy) is 1. The number of rotatable bonds is 3. The Kier molecular flexibility index (Phi) is 4.15. The maximum atomic E-state index is 6.11. The van der Waals surface area contributed by atoms with Crippen LogP contribution < -0.4 is 10.5 Å². The average Bonchev–Trinajstić information content (AvgIpc) is 2.86. The Labute approximate surface area is 126 Å². The number of benzene rings is 1. The van der Waals surface area contributed by atoms with Crippen LogP contribution in [-0.4, -0.2) is 17.3 Å². The number of hydrogen-bond acceptors (Lipinski definition) is 5. The highest BCUT2D eigenvalue weighted by molar-refractivity contribution is 9.10. The summed E-state index contributed by atoms with van der Waals surface area (Å²) in [6.45, 7) is 6.10. The predicted molar refractivity (Wildman–Crippen MR) is 80.4 cm³/mol. The monoisotopic (exact) mass is 339 g/mol. The van der Waals surface area contributed by atoms with E-state index in [1.165, 1.54) is 0 Å². The first-order valence-corrected chi connectivity index (χ1v) is 7.05. The van der Waals surface area contributed by atoms with Gasteiger partial charge in [0.05, 0.1) is 17.6 Å². The molecule has 0 unspecified atom stereocenters. The Morgan fingerprint density at radius 3 is 2.60 bits per heavy atom. The largest absolute Gasteiger partial charge is 0.496 e. The second-order valence-corrected chi connectivity index (χ2v) is 6.50. The molecule has 0 radical (unpaired) electrons. The van der Waals surface area contributed by atoms with Gasteiger partial charge in [-0.05, 0) is 39.5 Å². The summed E-state index contributed by atoms with van der Waals surface area (Å²) in [5.74, 6) is 1.71. The second kappa shape index (κ2) is 5.54. The zero-order chi connectivity index (χ0) is 14.9. The van der Waals surface area contributed by atoms with Gasteiger partial charge in [0.15, 0.2) is 0 Å². The fraction of sp³-hybridized carbons (Fsp3) is 0.429. The van der Waals surface area contributed by atoms with Gasteiger partial charge in [-0.15, -0.1) is 0 Å². The van der Waals surface area contributed by atoms with Crippen molar-refractivity contribution in [1.82, 2.24) is 10.1 Å². The Balaban J connectivity index is 2.31. The van der Waals surface area contributed by atoms with E-state index in [0.29, 0.717) is 11.7 Å². The maximum absolute atomic E-state index is 6.11. The topological polar surface area (TPSA) is 74.2 Å². The summed E-state index contributed by atoms with van der Waals surface area (Å²) in [6, 6.07) is 5.31. The van der Waals surface area contributed by atoms with Gasteiger partial charge in [-0.2, -0.15) is 4.98 Å². The van der Waals surface area contributed by atoms with Crippen molar-refractivity contribution < 1.29 is 9.26 Å². The number of methoxy groups -OCH3 is 1. The molecule has 0 fully saturated rings. The van der Waals surface area contributed by atoms with E-state index in [1.54, 1.807) is 7.11 Å². The third kappa shape index (κ3) is 3.02. The summed E-state index contributed by atoms with van der Waals surface area (Å²) in [6.07, 6.45) is 0. The molecule has 1 aromatic heterocycles. The van der Waals surface area contributed by atoms with Crippen molar-refractivity contribution in [2.24, 2.45) is 11.1 Å². The maximum Gasteiger partial charge on any atom is 0.244 e. The first kappa shape index (κ1) is 15.0. The highest BCUT2D eigenvalue weighted by Gasteiger charge is 2.27. The SMILES string of the molecule is COc1ccc(-c2noc([C@H](N)C(C)(C)C)n2)cc1Br. The summed E-state index contributed by atoms with van der Waals surface area (Å²) in [7, 11) is 1.62. The van der Waals surface area contributed by atoms with Crippen molar-refractivity contribution in [3.63, 3.8) is 0 Å². The van der Waals surface area contributed by atoms with E-state index in [9.17, 15) is 0 Å². The fourth-order valence-electron chi connectivity index (χ4n) is 1.65. The summed E-state index contributed by atoms with van der Waals surface area (Å²) < 4.78 is 11.3. The molecule has 0 saturated heterocycles. The van der Waals surface area contributed by atoms with E-state index in [1.807, 2.05) is 39.0 Å². The normalized spacial score (nSPS) is 13.3. The minimum absolute atomic E-state index is 0.135. The van der Waals surface area contributed by atoms with Crippen LogP contribution in [0.5, 0.6) is 5.75 Å². The van der Waals surface area contributed by atoms with Gasteiger partial charge >= 0.3 is 0 Å². The molecule has 2 N–H and O–H groups in total. The second-order valence-electron chi connectivity index (χ2n) is 5.65. The molecule has 0 aliphatic rings. The molecule has 1 aromatic carbocycles. The molecule has 20 heavy (non-hydrogen) atoms. The van der Waals surface area contributed by atoms with Crippen molar-refractivity contribution in [3.8, 4) is 17.1 Å². The Bertz CT molecular complexity index is 605. The van der Waals surface area contributed by atoms with E-state index in [4.69, 9.17) is 15.0 Å². The number of nitrogens with two attached hydrogens (primary N) is 1. The summed E-state index contributed by atoms with van der Waals surface area (Å²) in [5.41, 5.74) is 6.82. The van der Waals surface area contributed by atoms with Gasteiger partial charge in [0.1, 0.15) is 5.75 Å². The van der Waals surface area contributed by atoms with E-state index in [0.717, 1.165) is 15.8 Å². The first-order valence-electron chi connectivity index (χ1n) is 6.26. The van der Waals surface area contributed by atoms with Crippen LogP contribution >= 0.6 is 15.9 Å². The Morgan fingerprint density at radius 1 is 1.35 bits per heavy atom. The Hall–Kier alpha value is -1.40. The van der Waals surface area contributed by atoms with Crippen LogP contribution in [0.4, 0.5) is 0 Å². The Morgan fingerprint density at radius 2 is 2.05 bits per heavy atom. The van der Waals surface area contributed by atoms with Crippen LogP contribution in [0.25, 0.3) is 11.4 Å². The molecule has 0 spiro atoms. The van der Waals surface area contributed by atoms with Crippen LogP contribution in [0.15, 0.2) is 27.2 Å². The quantitative estimate of drug-likeness (QED) is 0.925. The molecule has 0 aliphatic heterocycles. The smallest absolute Gasteiger partial charge is 0.244 e. The molecule has 2 rings (SSSR count). The zero-order valence-corrected chi connectivity index (χ0v) is 13.6. The molecule has 0 bridgehead atoms. The van der Waals surface area contributed by atoms with Crippen LogP contribution in [-0.2, 0) is 0 Å². The molecular formula is C14H18BrN3O2. The van der Waals surface area contributed by atoms with Crippen LogP contribution in [0.2, 0.25) is 0 Å². The molecule has 108 valence electrons. The number of hydrogen-bond donors (Lipinski definition) is 1. The third-order valence-electron chi connectivity index (χ3n) is 3.05. The van der Waals surface area contributed by atoms with Crippen molar-refractivity contribution in [1.29, 1.82) is 0 Å². The fourth-order valence-corrected chi connectivity index (χ4v) is 2.20. The molecule has 5 nitrogen and oxygen atoms in total. The molecule has 0 aliphatic carbocycles. The van der Waals surface area contributed by atoms with Crippen LogP contribution in [0.1, 0.15) is 32.7 Å².